The number of hydrogen-bond donors (Lipinski definition) is 0. The number of fused-ring (bicyclic) bond motifs is 16. The first kappa shape index (κ1) is 39.3. The summed E-state index contributed by atoms with van der Waals surface area (Å²) in [6, 6.07) is 92.9. The SMILES string of the molecule is c1ccc(N2c3ccccc3B3c4ccccc4N4c5cc6c(cc5B5c7cc8c9ccccc9n(-c9ccccc9)c8cc7N(c7ccccc7)c7cc2c3c4c75)c2ccccc2n6-c2ccccc2)cc1. The lowest BCUT2D eigenvalue weighted by Crippen LogP contribution is -2.68. The third-order valence-corrected chi connectivity index (χ3v) is 16.4. The van der Waals surface area contributed by atoms with Crippen molar-refractivity contribution in [2.45, 2.75) is 0 Å². The number of benzene rings is 11. The van der Waals surface area contributed by atoms with Crippen LogP contribution in [0, 0.1) is 0 Å². The van der Waals surface area contributed by atoms with Crippen LogP contribution in [0.1, 0.15) is 0 Å². The zero-order valence-corrected chi connectivity index (χ0v) is 39.6. The number of hydrogen-bond acceptors (Lipinski definition) is 3. The molecule has 6 heterocycles. The Kier molecular flexibility index (Phi) is 7.84. The van der Waals surface area contributed by atoms with Crippen LogP contribution in [0.25, 0.3) is 55.0 Å². The topological polar surface area (TPSA) is 19.6 Å². The minimum absolute atomic E-state index is 0.00138. The van der Waals surface area contributed by atoms with E-state index >= 15 is 0 Å². The van der Waals surface area contributed by atoms with Crippen molar-refractivity contribution in [1.29, 1.82) is 0 Å². The Morgan fingerprint density at radius 1 is 0.233 bits per heavy atom. The Labute approximate surface area is 422 Å². The second-order valence-electron chi connectivity index (χ2n) is 20.0. The summed E-state index contributed by atoms with van der Waals surface area (Å²) in [4.78, 5) is 7.81. The lowest BCUT2D eigenvalue weighted by Gasteiger charge is -2.51. The molecule has 0 saturated carbocycles. The highest BCUT2D eigenvalue weighted by Crippen LogP contribution is 2.51. The summed E-state index contributed by atoms with van der Waals surface area (Å²) in [7, 11) is 0. The van der Waals surface area contributed by atoms with Crippen molar-refractivity contribution in [2.24, 2.45) is 0 Å². The van der Waals surface area contributed by atoms with Crippen LogP contribution in [0.15, 0.2) is 249 Å². The molecular weight excluding hydrogens is 884 g/mol. The van der Waals surface area contributed by atoms with E-state index in [2.05, 4.69) is 273 Å². The lowest BCUT2D eigenvalue weighted by molar-refractivity contribution is 1.17. The first-order valence-corrected chi connectivity index (χ1v) is 25.4. The first-order valence-electron chi connectivity index (χ1n) is 25.4. The number of nitrogens with zero attached hydrogens (tertiary/aromatic N) is 5. The van der Waals surface area contributed by atoms with Crippen LogP contribution in [0.4, 0.5) is 51.2 Å². The molecule has 11 aromatic carbocycles. The molecule has 17 rings (SSSR count). The van der Waals surface area contributed by atoms with Crippen LogP contribution in [-0.4, -0.2) is 22.6 Å². The Morgan fingerprint density at radius 2 is 0.603 bits per heavy atom. The van der Waals surface area contributed by atoms with Crippen LogP contribution < -0.4 is 47.5 Å². The van der Waals surface area contributed by atoms with E-state index in [9.17, 15) is 0 Å². The average Bonchev–Trinajstić information content (AvgIpc) is 3.98. The van der Waals surface area contributed by atoms with Gasteiger partial charge in [-0.3, -0.25) is 0 Å². The number of aromatic nitrogens is 2. The van der Waals surface area contributed by atoms with Gasteiger partial charge in [0.2, 0.25) is 0 Å². The molecule has 73 heavy (non-hydrogen) atoms. The summed E-state index contributed by atoms with van der Waals surface area (Å²) in [6.45, 7) is -0.116. The molecule has 0 bridgehead atoms. The molecule has 7 heteroatoms. The Balaban J connectivity index is 1.08. The Bertz CT molecular complexity index is 4450. The van der Waals surface area contributed by atoms with E-state index in [1.54, 1.807) is 0 Å². The van der Waals surface area contributed by atoms with Crippen LogP contribution in [0.2, 0.25) is 0 Å². The molecule has 0 fully saturated rings. The van der Waals surface area contributed by atoms with Gasteiger partial charge in [-0.05, 0) is 124 Å². The third kappa shape index (κ3) is 5.17. The quantitative estimate of drug-likeness (QED) is 0.164. The van der Waals surface area contributed by atoms with E-state index in [-0.39, 0.29) is 13.4 Å². The fraction of sp³-hybridized carbons (Fsp3) is 0. The molecule has 0 aliphatic carbocycles. The van der Waals surface area contributed by atoms with E-state index < -0.39 is 0 Å². The van der Waals surface area contributed by atoms with Crippen molar-refractivity contribution in [1.82, 2.24) is 9.13 Å². The normalized spacial score (nSPS) is 13.6. The summed E-state index contributed by atoms with van der Waals surface area (Å²) < 4.78 is 4.95. The molecule has 0 saturated heterocycles. The lowest BCUT2D eigenvalue weighted by atomic mass is 9.28. The van der Waals surface area contributed by atoms with E-state index in [1.165, 1.54) is 116 Å². The largest absolute Gasteiger partial charge is 0.312 e. The third-order valence-electron chi connectivity index (χ3n) is 16.4. The van der Waals surface area contributed by atoms with Crippen LogP contribution in [0.5, 0.6) is 0 Å². The van der Waals surface area contributed by atoms with Crippen LogP contribution in [0.3, 0.4) is 0 Å². The van der Waals surface area contributed by atoms with E-state index in [0.29, 0.717) is 0 Å². The van der Waals surface area contributed by atoms with Crippen LogP contribution >= 0.6 is 0 Å². The van der Waals surface area contributed by atoms with Gasteiger partial charge >= 0.3 is 0 Å². The minimum atomic E-state index is -0.115. The summed E-state index contributed by atoms with van der Waals surface area (Å²) in [5, 5.41) is 5.00. The monoisotopic (exact) mass is 925 g/mol. The predicted octanol–water partition coefficient (Wildman–Crippen LogP) is 12.6. The maximum Gasteiger partial charge on any atom is 0.252 e. The molecule has 2 aromatic heterocycles. The molecule has 336 valence electrons. The number of anilines is 9. The molecule has 0 unspecified atom stereocenters. The summed E-state index contributed by atoms with van der Waals surface area (Å²) >= 11 is 0. The molecular formula is C66H41B2N5. The van der Waals surface area contributed by atoms with Gasteiger partial charge in [0.05, 0.1) is 22.1 Å². The zero-order valence-electron chi connectivity index (χ0n) is 39.6. The zero-order chi connectivity index (χ0) is 47.5. The minimum Gasteiger partial charge on any atom is -0.312 e. The van der Waals surface area contributed by atoms with Crippen molar-refractivity contribution in [2.75, 3.05) is 14.7 Å². The van der Waals surface area contributed by atoms with Gasteiger partial charge in [-0.15, -0.1) is 0 Å². The number of rotatable bonds is 4. The molecule has 4 aliphatic heterocycles. The number of para-hydroxylation sites is 8. The average molecular weight is 926 g/mol. The second kappa shape index (κ2) is 14.6. The van der Waals surface area contributed by atoms with E-state index in [4.69, 9.17) is 0 Å². The van der Waals surface area contributed by atoms with Crippen molar-refractivity contribution < 1.29 is 0 Å². The van der Waals surface area contributed by atoms with Gasteiger partial charge in [-0.25, -0.2) is 0 Å². The molecule has 0 amide bonds. The van der Waals surface area contributed by atoms with Gasteiger partial charge in [0, 0.05) is 84.1 Å². The molecule has 4 aliphatic rings. The predicted molar refractivity (Wildman–Crippen MR) is 308 cm³/mol. The second-order valence-corrected chi connectivity index (χ2v) is 20.0. The molecule has 0 spiro atoms. The van der Waals surface area contributed by atoms with Gasteiger partial charge in [0.1, 0.15) is 0 Å². The Morgan fingerprint density at radius 3 is 1.10 bits per heavy atom. The van der Waals surface area contributed by atoms with Gasteiger partial charge in [-0.2, -0.15) is 0 Å². The molecule has 0 atom stereocenters. The van der Waals surface area contributed by atoms with Gasteiger partial charge in [0.15, 0.2) is 0 Å². The van der Waals surface area contributed by atoms with Crippen LogP contribution in [-0.2, 0) is 0 Å². The van der Waals surface area contributed by atoms with Gasteiger partial charge < -0.3 is 23.8 Å². The van der Waals surface area contributed by atoms with Crippen molar-refractivity contribution in [3.05, 3.63) is 249 Å². The maximum atomic E-state index is 2.67. The molecule has 13 aromatic rings. The highest BCUT2D eigenvalue weighted by molar-refractivity contribution is 7.05. The maximum absolute atomic E-state index is 2.67. The molecule has 0 N–H and O–H groups in total. The summed E-state index contributed by atoms with van der Waals surface area (Å²) in [5.74, 6) is 0. The van der Waals surface area contributed by atoms with Crippen molar-refractivity contribution in [3.63, 3.8) is 0 Å². The first-order chi connectivity index (χ1) is 36.3. The smallest absolute Gasteiger partial charge is 0.252 e. The summed E-state index contributed by atoms with van der Waals surface area (Å²) in [6.07, 6.45) is 0. The van der Waals surface area contributed by atoms with E-state index in [0.717, 1.165) is 22.7 Å². The highest BCUT2D eigenvalue weighted by Gasteiger charge is 2.52. The summed E-state index contributed by atoms with van der Waals surface area (Å²) in [5.41, 5.74) is 25.8. The fourth-order valence-electron chi connectivity index (χ4n) is 13.6. The fourth-order valence-corrected chi connectivity index (χ4v) is 13.6. The van der Waals surface area contributed by atoms with Gasteiger partial charge in [0.25, 0.3) is 13.4 Å². The standard InChI is InChI=1S/C66H41B2N5/c1-5-21-42(22-6-1)69-54-33-17-13-29-46(54)48-37-52-60(39-58(48)69)72(45-27-11-4-12-28-45)63-41-62-64-66-65(63)68(52)53-38-49-47-30-14-18-34-55(47)70(43-23-7-2-8-24-43)59(49)40-61(53)73(66)57-36-20-16-32-51(57)67(64)50-31-15-19-35-56(50)71(62)44-25-9-3-10-26-44/h1-41H. The van der Waals surface area contributed by atoms with Crippen molar-refractivity contribution >= 4 is 141 Å². The van der Waals surface area contributed by atoms with Gasteiger partial charge in [-0.1, -0.05) is 158 Å². The highest BCUT2D eigenvalue weighted by atomic mass is 15.2. The van der Waals surface area contributed by atoms with E-state index in [1.807, 2.05) is 0 Å². The Hall–Kier alpha value is -9.45. The van der Waals surface area contributed by atoms with Crippen molar-refractivity contribution in [3.8, 4) is 11.4 Å². The molecule has 5 nitrogen and oxygen atoms in total. The molecule has 0 radical (unpaired) electrons.